The van der Waals surface area contributed by atoms with Gasteiger partial charge in [-0.15, -0.1) is 0 Å². The van der Waals surface area contributed by atoms with E-state index in [1.807, 2.05) is 0 Å². The zero-order chi connectivity index (χ0) is 47.1. The first kappa shape index (κ1) is 40.5. The van der Waals surface area contributed by atoms with Gasteiger partial charge in [0.05, 0.1) is 0 Å². The van der Waals surface area contributed by atoms with Gasteiger partial charge in [0.1, 0.15) is 0 Å². The zero-order valence-electron chi connectivity index (χ0n) is 40.3. The Labute approximate surface area is 406 Å². The van der Waals surface area contributed by atoms with Gasteiger partial charge in [-0.05, 0) is 178 Å². The van der Waals surface area contributed by atoms with Crippen molar-refractivity contribution in [1.82, 2.24) is 18.3 Å². The quantitative estimate of drug-likeness (QED) is 0.164. The second-order valence-corrected chi connectivity index (χ2v) is 19.6. The second kappa shape index (κ2) is 14.9. The van der Waals surface area contributed by atoms with E-state index in [0.29, 0.717) is 0 Å². The van der Waals surface area contributed by atoms with Crippen LogP contribution in [-0.2, 0) is 28.2 Å². The number of fused-ring (bicyclic) bond motifs is 12. The van der Waals surface area contributed by atoms with Crippen LogP contribution in [0.3, 0.4) is 0 Å². The number of aromatic nitrogens is 4. The number of rotatable bonds is 5. The van der Waals surface area contributed by atoms with Crippen molar-refractivity contribution in [1.29, 1.82) is 0 Å². The third-order valence-corrected chi connectivity index (χ3v) is 16.0. The van der Waals surface area contributed by atoms with Gasteiger partial charge in [0.2, 0.25) is 0 Å². The van der Waals surface area contributed by atoms with Gasteiger partial charge < -0.3 is 18.3 Å². The topological polar surface area (TPSA) is 19.7 Å². The summed E-state index contributed by atoms with van der Waals surface area (Å²) in [6.45, 7) is 4.68. The van der Waals surface area contributed by atoms with Gasteiger partial charge >= 0.3 is 0 Å². The molecule has 0 unspecified atom stereocenters. The number of nitrogens with zero attached hydrogens (tertiary/aromatic N) is 4. The molecule has 0 radical (unpaired) electrons. The minimum atomic E-state index is 1.20. The normalized spacial score (nSPS) is 12.1. The molecule has 0 aliphatic heterocycles. The summed E-state index contributed by atoms with van der Waals surface area (Å²) in [5.74, 6) is 0. The fraction of sp³-hybridized carbons (Fsp3) is 0.0909. The average Bonchev–Trinajstić information content (AvgIpc) is 4.07. The molecule has 70 heavy (non-hydrogen) atoms. The van der Waals surface area contributed by atoms with Gasteiger partial charge in [0, 0.05) is 115 Å². The van der Waals surface area contributed by atoms with Gasteiger partial charge in [-0.1, -0.05) is 97.1 Å². The Bertz CT molecular complexity index is 4250. The summed E-state index contributed by atoms with van der Waals surface area (Å²) in [4.78, 5) is 0. The maximum Gasteiger partial charge on any atom is 0.0489 e. The maximum absolute atomic E-state index is 2.47. The highest BCUT2D eigenvalue weighted by atomic mass is 14.9. The van der Waals surface area contributed by atoms with E-state index >= 15 is 0 Å². The molecule has 4 aromatic heterocycles. The fourth-order valence-electron chi connectivity index (χ4n) is 12.3. The zero-order valence-corrected chi connectivity index (χ0v) is 40.3. The van der Waals surface area contributed by atoms with Crippen molar-refractivity contribution >= 4 is 87.2 Å². The number of hydrogen-bond acceptors (Lipinski definition) is 0. The Morgan fingerprint density at radius 2 is 0.457 bits per heavy atom. The molecule has 0 aliphatic carbocycles. The van der Waals surface area contributed by atoms with Crippen molar-refractivity contribution in [2.75, 3.05) is 0 Å². The molecule has 4 heterocycles. The third kappa shape index (κ3) is 5.77. The predicted octanol–water partition coefficient (Wildman–Crippen LogP) is 17.2. The largest absolute Gasteiger partial charge is 0.344 e. The lowest BCUT2D eigenvalue weighted by Crippen LogP contribution is -1.97. The summed E-state index contributed by atoms with van der Waals surface area (Å²) < 4.78 is 9.29. The number of aryl methyl sites for hydroxylation is 4. The van der Waals surface area contributed by atoms with Crippen molar-refractivity contribution in [3.63, 3.8) is 0 Å². The molecular formula is C66H50N4. The molecule has 334 valence electrons. The standard InChI is InChI=1S/C66H50N4/c1-39-51(43-25-29-65-57(33-43)49-17-9-13-21-61(49)69(65)5)35-45(41-23-27-63-55(31-41)47-15-7-11-19-59(47)67(63)3)37-53(39)54-38-46(42-24-28-64-56(32-42)48-16-8-12-20-60(48)68(64)4)36-52(40(54)2)44-26-30-66-58(34-44)50-18-10-14-22-62(50)70(66)6/h7-38H,1-6H3. The van der Waals surface area contributed by atoms with Crippen LogP contribution in [-0.4, -0.2) is 18.3 Å². The summed E-state index contributed by atoms with van der Waals surface area (Å²) >= 11 is 0. The Balaban J connectivity index is 1.06. The summed E-state index contributed by atoms with van der Waals surface area (Å²) in [5.41, 5.74) is 24.6. The third-order valence-electron chi connectivity index (χ3n) is 16.0. The van der Waals surface area contributed by atoms with E-state index in [4.69, 9.17) is 0 Å². The minimum absolute atomic E-state index is 1.20. The first-order valence-corrected chi connectivity index (χ1v) is 24.4. The summed E-state index contributed by atoms with van der Waals surface area (Å²) in [6.07, 6.45) is 0. The van der Waals surface area contributed by atoms with Gasteiger partial charge in [-0.3, -0.25) is 0 Å². The van der Waals surface area contributed by atoms with Gasteiger partial charge in [-0.2, -0.15) is 0 Å². The molecule has 0 atom stereocenters. The van der Waals surface area contributed by atoms with Crippen LogP contribution in [0.25, 0.3) is 143 Å². The Morgan fingerprint density at radius 3 is 0.771 bits per heavy atom. The van der Waals surface area contributed by atoms with E-state index in [2.05, 4.69) is 254 Å². The van der Waals surface area contributed by atoms with Gasteiger partial charge in [0.25, 0.3) is 0 Å². The molecule has 4 nitrogen and oxygen atoms in total. The van der Waals surface area contributed by atoms with Crippen LogP contribution >= 0.6 is 0 Å². The molecule has 14 aromatic rings. The van der Waals surface area contributed by atoms with Crippen LogP contribution in [0.15, 0.2) is 194 Å². The summed E-state index contributed by atoms with van der Waals surface area (Å²) in [7, 11) is 8.72. The molecule has 0 amide bonds. The van der Waals surface area contributed by atoms with E-state index in [0.717, 1.165) is 0 Å². The summed E-state index contributed by atoms with van der Waals surface area (Å²) in [6, 6.07) is 73.2. The van der Waals surface area contributed by atoms with Gasteiger partial charge in [-0.25, -0.2) is 0 Å². The number of hydrogen-bond donors (Lipinski definition) is 0. The van der Waals surface area contributed by atoms with Crippen LogP contribution in [0.5, 0.6) is 0 Å². The van der Waals surface area contributed by atoms with E-state index in [1.54, 1.807) is 0 Å². The first-order chi connectivity index (χ1) is 34.2. The second-order valence-electron chi connectivity index (χ2n) is 19.6. The van der Waals surface area contributed by atoms with Crippen molar-refractivity contribution in [3.05, 3.63) is 205 Å². The first-order valence-electron chi connectivity index (χ1n) is 24.4. The Kier molecular flexibility index (Phi) is 8.64. The molecule has 0 saturated heterocycles. The van der Waals surface area contributed by atoms with Crippen molar-refractivity contribution < 1.29 is 0 Å². The molecule has 10 aromatic carbocycles. The molecule has 0 N–H and O–H groups in total. The lowest BCUT2D eigenvalue weighted by Gasteiger charge is -2.21. The average molecular weight is 899 g/mol. The van der Waals surface area contributed by atoms with E-state index in [9.17, 15) is 0 Å². The smallest absolute Gasteiger partial charge is 0.0489 e. The van der Waals surface area contributed by atoms with Crippen LogP contribution in [0, 0.1) is 13.8 Å². The fourth-order valence-corrected chi connectivity index (χ4v) is 12.3. The number of benzene rings is 10. The number of para-hydroxylation sites is 4. The SMILES string of the molecule is Cc1c(-c2ccc3c(c2)c2ccccc2n3C)cc(-c2ccc3c(c2)c2ccccc2n3C)cc1-c1cc(-c2ccc3c(c2)c2ccccc2n3C)cc(-c2ccc3c(c2)c2ccccc2n3C)c1C. The highest BCUT2D eigenvalue weighted by Crippen LogP contribution is 2.45. The van der Waals surface area contributed by atoms with E-state index < -0.39 is 0 Å². The molecule has 0 saturated carbocycles. The van der Waals surface area contributed by atoms with Crippen LogP contribution in [0.2, 0.25) is 0 Å². The van der Waals surface area contributed by atoms with E-state index in [1.165, 1.54) is 154 Å². The molecule has 0 bridgehead atoms. The summed E-state index contributed by atoms with van der Waals surface area (Å²) in [5, 5.41) is 10.2. The Hall–Kier alpha value is -8.60. The molecule has 4 heteroatoms. The van der Waals surface area contributed by atoms with E-state index in [-0.39, 0.29) is 0 Å². The highest BCUT2D eigenvalue weighted by molar-refractivity contribution is 6.13. The van der Waals surface area contributed by atoms with Crippen LogP contribution in [0.4, 0.5) is 0 Å². The van der Waals surface area contributed by atoms with Crippen LogP contribution in [0.1, 0.15) is 11.1 Å². The molecular weight excluding hydrogens is 849 g/mol. The molecule has 14 rings (SSSR count). The van der Waals surface area contributed by atoms with Crippen LogP contribution < -0.4 is 0 Å². The molecule has 0 spiro atoms. The predicted molar refractivity (Wildman–Crippen MR) is 299 cm³/mol. The van der Waals surface area contributed by atoms with Gasteiger partial charge in [0.15, 0.2) is 0 Å². The Morgan fingerprint density at radius 1 is 0.214 bits per heavy atom. The molecule has 0 aliphatic rings. The monoisotopic (exact) mass is 898 g/mol. The lowest BCUT2D eigenvalue weighted by molar-refractivity contribution is 1.01. The molecule has 0 fully saturated rings. The highest BCUT2D eigenvalue weighted by Gasteiger charge is 2.21. The lowest BCUT2D eigenvalue weighted by atomic mass is 9.83. The van der Waals surface area contributed by atoms with Crippen molar-refractivity contribution in [2.24, 2.45) is 28.2 Å². The minimum Gasteiger partial charge on any atom is -0.344 e. The van der Waals surface area contributed by atoms with Crippen molar-refractivity contribution in [3.8, 4) is 55.6 Å². The van der Waals surface area contributed by atoms with Crippen molar-refractivity contribution in [2.45, 2.75) is 13.8 Å². The maximum atomic E-state index is 2.47.